The molecule has 1 N–H and O–H groups in total. The van der Waals surface area contributed by atoms with Gasteiger partial charge in [0.15, 0.2) is 0 Å². The van der Waals surface area contributed by atoms with Crippen LogP contribution in [0.3, 0.4) is 0 Å². The second-order valence-corrected chi connectivity index (χ2v) is 9.57. The van der Waals surface area contributed by atoms with Crippen molar-refractivity contribution in [3.63, 3.8) is 0 Å². The van der Waals surface area contributed by atoms with Gasteiger partial charge < -0.3 is 10.1 Å². The number of hydrogen-bond acceptors (Lipinski definition) is 4. The molecule has 1 fully saturated rings. The van der Waals surface area contributed by atoms with Crippen LogP contribution >= 0.6 is 0 Å². The Kier molecular flexibility index (Phi) is 7.05. The van der Waals surface area contributed by atoms with Crippen molar-refractivity contribution in [2.45, 2.75) is 32.5 Å². The molecule has 0 spiro atoms. The fraction of sp³-hybridized carbons (Fsp3) is 0.409. The van der Waals surface area contributed by atoms with Crippen molar-refractivity contribution in [2.24, 2.45) is 0 Å². The molecule has 3 rings (SSSR count). The molecule has 7 heteroatoms. The van der Waals surface area contributed by atoms with Crippen LogP contribution in [0.5, 0.6) is 0 Å². The van der Waals surface area contributed by atoms with E-state index in [9.17, 15) is 13.2 Å². The molecule has 2 aromatic carbocycles. The molecule has 0 aromatic heterocycles. The lowest BCUT2D eigenvalue weighted by molar-refractivity contribution is -0.120. The quantitative estimate of drug-likeness (QED) is 0.752. The maximum absolute atomic E-state index is 12.5. The molecule has 1 heterocycles. The predicted molar refractivity (Wildman–Crippen MR) is 114 cm³/mol. The van der Waals surface area contributed by atoms with E-state index in [2.05, 4.69) is 5.32 Å². The van der Waals surface area contributed by atoms with Crippen molar-refractivity contribution in [2.75, 3.05) is 25.4 Å². The van der Waals surface area contributed by atoms with Crippen LogP contribution in [-0.2, 0) is 26.0 Å². The van der Waals surface area contributed by atoms with Gasteiger partial charge in [0.25, 0.3) is 0 Å². The molecular weight excluding hydrogens is 388 g/mol. The van der Waals surface area contributed by atoms with Crippen molar-refractivity contribution in [3.05, 3.63) is 60.2 Å². The summed E-state index contributed by atoms with van der Waals surface area (Å²) in [5.41, 5.74) is 3.11. The SMILES string of the molecule is C[C@@H]1CN(S(=O)(=O)CCNC(=O)Cc2ccc(-c3ccccc3)cc2)C[C@@H](C)O1. The summed E-state index contributed by atoms with van der Waals surface area (Å²) in [7, 11) is -3.42. The number of carbonyl (C=O) groups excluding carboxylic acids is 1. The van der Waals surface area contributed by atoms with Gasteiger partial charge in [-0.05, 0) is 30.5 Å². The summed E-state index contributed by atoms with van der Waals surface area (Å²) in [4.78, 5) is 12.2. The van der Waals surface area contributed by atoms with Crippen LogP contribution in [0.4, 0.5) is 0 Å². The first-order chi connectivity index (χ1) is 13.8. The van der Waals surface area contributed by atoms with E-state index in [1.54, 1.807) is 0 Å². The van der Waals surface area contributed by atoms with Crippen LogP contribution in [-0.4, -0.2) is 56.2 Å². The molecule has 0 saturated carbocycles. The smallest absolute Gasteiger partial charge is 0.224 e. The molecular formula is C22H28N2O4S. The Bertz CT molecular complexity index is 904. The highest BCUT2D eigenvalue weighted by Gasteiger charge is 2.30. The summed E-state index contributed by atoms with van der Waals surface area (Å²) in [5, 5.41) is 2.72. The van der Waals surface area contributed by atoms with Crippen molar-refractivity contribution >= 4 is 15.9 Å². The molecule has 156 valence electrons. The number of sulfonamides is 1. The van der Waals surface area contributed by atoms with E-state index in [0.717, 1.165) is 16.7 Å². The first-order valence-corrected chi connectivity index (χ1v) is 11.5. The van der Waals surface area contributed by atoms with Crippen molar-refractivity contribution in [1.82, 2.24) is 9.62 Å². The number of ether oxygens (including phenoxy) is 1. The summed E-state index contributed by atoms with van der Waals surface area (Å²) in [6, 6.07) is 17.9. The van der Waals surface area contributed by atoms with E-state index in [1.807, 2.05) is 68.4 Å². The first kappa shape index (κ1) is 21.5. The Morgan fingerprint density at radius 1 is 1.00 bits per heavy atom. The fourth-order valence-corrected chi connectivity index (χ4v) is 4.99. The number of amides is 1. The Morgan fingerprint density at radius 3 is 2.21 bits per heavy atom. The topological polar surface area (TPSA) is 75.7 Å². The number of nitrogens with zero attached hydrogens (tertiary/aromatic N) is 1. The van der Waals surface area contributed by atoms with E-state index < -0.39 is 10.0 Å². The van der Waals surface area contributed by atoms with Gasteiger partial charge in [-0.1, -0.05) is 54.6 Å². The number of benzene rings is 2. The number of morpholine rings is 1. The van der Waals surface area contributed by atoms with Crippen LogP contribution in [0.15, 0.2) is 54.6 Å². The van der Waals surface area contributed by atoms with Crippen LogP contribution in [0.25, 0.3) is 11.1 Å². The summed E-state index contributed by atoms with van der Waals surface area (Å²) >= 11 is 0. The third-order valence-electron chi connectivity index (χ3n) is 4.89. The lowest BCUT2D eigenvalue weighted by atomic mass is 10.0. The lowest BCUT2D eigenvalue weighted by Gasteiger charge is -2.34. The van der Waals surface area contributed by atoms with E-state index in [-0.39, 0.29) is 36.8 Å². The molecule has 2 atom stereocenters. The molecule has 1 amide bonds. The monoisotopic (exact) mass is 416 g/mol. The summed E-state index contributed by atoms with van der Waals surface area (Å²) in [5.74, 6) is -0.290. The van der Waals surface area contributed by atoms with Crippen LogP contribution in [0, 0.1) is 0 Å². The normalized spacial score (nSPS) is 20.3. The molecule has 0 bridgehead atoms. The van der Waals surface area contributed by atoms with Gasteiger partial charge in [0.1, 0.15) is 0 Å². The Morgan fingerprint density at radius 2 is 1.59 bits per heavy atom. The average Bonchev–Trinajstić information content (AvgIpc) is 2.68. The van der Waals surface area contributed by atoms with E-state index in [0.29, 0.717) is 13.1 Å². The van der Waals surface area contributed by atoms with Crippen molar-refractivity contribution in [3.8, 4) is 11.1 Å². The zero-order chi connectivity index (χ0) is 20.9. The number of carbonyl (C=O) groups is 1. The van der Waals surface area contributed by atoms with Crippen LogP contribution in [0.1, 0.15) is 19.4 Å². The third-order valence-corrected chi connectivity index (χ3v) is 6.69. The van der Waals surface area contributed by atoms with Gasteiger partial charge >= 0.3 is 0 Å². The predicted octanol–water partition coefficient (Wildman–Crippen LogP) is 2.45. The number of hydrogen-bond donors (Lipinski definition) is 1. The standard InChI is InChI=1S/C22H28N2O4S/c1-17-15-24(16-18(2)28-17)29(26,27)13-12-23-22(25)14-19-8-10-21(11-9-19)20-6-4-3-5-7-20/h3-11,17-18H,12-16H2,1-2H3,(H,23,25)/t17-,18-/m1/s1. The Balaban J connectivity index is 1.47. The van der Waals surface area contributed by atoms with Crippen molar-refractivity contribution < 1.29 is 17.9 Å². The molecule has 0 unspecified atom stereocenters. The molecule has 1 saturated heterocycles. The minimum Gasteiger partial charge on any atom is -0.373 e. The van der Waals surface area contributed by atoms with E-state index in [4.69, 9.17) is 4.74 Å². The largest absolute Gasteiger partial charge is 0.373 e. The minimum atomic E-state index is -3.42. The first-order valence-electron chi connectivity index (χ1n) is 9.88. The molecule has 29 heavy (non-hydrogen) atoms. The van der Waals surface area contributed by atoms with E-state index in [1.165, 1.54) is 4.31 Å². The zero-order valence-corrected chi connectivity index (χ0v) is 17.7. The fourth-order valence-electron chi connectivity index (χ4n) is 3.50. The van der Waals surface area contributed by atoms with Gasteiger partial charge in [-0.2, -0.15) is 4.31 Å². The molecule has 1 aliphatic heterocycles. The van der Waals surface area contributed by atoms with Gasteiger partial charge in [-0.3, -0.25) is 4.79 Å². The van der Waals surface area contributed by atoms with E-state index >= 15 is 0 Å². The number of nitrogens with one attached hydrogen (secondary N) is 1. The molecule has 1 aliphatic rings. The maximum Gasteiger partial charge on any atom is 0.224 e. The second-order valence-electron chi connectivity index (χ2n) is 7.48. The van der Waals surface area contributed by atoms with Crippen molar-refractivity contribution in [1.29, 1.82) is 0 Å². The molecule has 0 radical (unpaired) electrons. The third kappa shape index (κ3) is 6.13. The summed E-state index contributed by atoms with van der Waals surface area (Å²) < 4.78 is 32.1. The molecule has 2 aromatic rings. The highest BCUT2D eigenvalue weighted by atomic mass is 32.2. The van der Waals surface area contributed by atoms with Gasteiger partial charge in [0, 0.05) is 19.6 Å². The zero-order valence-electron chi connectivity index (χ0n) is 16.9. The summed E-state index contributed by atoms with van der Waals surface area (Å²) in [6.45, 7) is 4.54. The molecule has 6 nitrogen and oxygen atoms in total. The van der Waals surface area contributed by atoms with Gasteiger partial charge in [0.2, 0.25) is 15.9 Å². The maximum atomic E-state index is 12.5. The van der Waals surface area contributed by atoms with Gasteiger partial charge in [0.05, 0.1) is 24.4 Å². The lowest BCUT2D eigenvalue weighted by Crippen LogP contribution is -2.49. The summed E-state index contributed by atoms with van der Waals surface area (Å²) in [6.07, 6.45) is -0.0234. The van der Waals surface area contributed by atoms with Crippen LogP contribution in [0.2, 0.25) is 0 Å². The minimum absolute atomic E-state index is 0.101. The Labute approximate surface area is 172 Å². The van der Waals surface area contributed by atoms with Gasteiger partial charge in [-0.15, -0.1) is 0 Å². The highest BCUT2D eigenvalue weighted by molar-refractivity contribution is 7.89. The Hall–Kier alpha value is -2.22. The molecule has 0 aliphatic carbocycles. The second kappa shape index (κ2) is 9.52. The highest BCUT2D eigenvalue weighted by Crippen LogP contribution is 2.19. The number of rotatable bonds is 7. The van der Waals surface area contributed by atoms with Crippen LogP contribution < -0.4 is 5.32 Å². The average molecular weight is 417 g/mol. The van der Waals surface area contributed by atoms with Gasteiger partial charge in [-0.25, -0.2) is 8.42 Å².